The summed E-state index contributed by atoms with van der Waals surface area (Å²) in [4.78, 5) is 29.6. The van der Waals surface area contributed by atoms with Gasteiger partial charge in [-0.15, -0.1) is 0 Å². The Morgan fingerprint density at radius 2 is 1.89 bits per heavy atom. The number of rotatable bonds is 7. The van der Waals surface area contributed by atoms with Crippen LogP contribution in [0.5, 0.6) is 11.5 Å². The molecule has 1 fully saturated rings. The smallest absolute Gasteiger partial charge is 0.264 e. The number of carbonyl (C=O) groups excluding carboxylic acids is 2. The fraction of sp³-hybridized carbons (Fsp3) is 0.115. The Labute approximate surface area is 212 Å². The van der Waals surface area contributed by atoms with Gasteiger partial charge in [0.1, 0.15) is 0 Å². The van der Waals surface area contributed by atoms with Gasteiger partial charge in [0.05, 0.1) is 22.7 Å². The molecular weight excluding hydrogens is 486 g/mol. The van der Waals surface area contributed by atoms with Gasteiger partial charge in [-0.2, -0.15) is 0 Å². The Morgan fingerprint density at radius 3 is 2.60 bits per heavy atom. The quantitative estimate of drug-likeness (QED) is 0.408. The lowest BCUT2D eigenvalue weighted by Crippen LogP contribution is -2.20. The molecule has 3 aromatic rings. The fourth-order valence-corrected chi connectivity index (χ4v) is 4.30. The second-order valence-corrected chi connectivity index (χ2v) is 8.99. The SMILES string of the molecule is COc1cc(/C=C2\SC(=Nc3ccc(C)cc3)NC2=O)cc(Cl)c1OCC(=O)Nc1ccccc1. The van der Waals surface area contributed by atoms with Crippen molar-refractivity contribution >= 4 is 57.8 Å². The molecule has 0 aromatic heterocycles. The fourth-order valence-electron chi connectivity index (χ4n) is 3.19. The van der Waals surface area contributed by atoms with E-state index < -0.39 is 0 Å². The predicted molar refractivity (Wildman–Crippen MR) is 141 cm³/mol. The van der Waals surface area contributed by atoms with Crippen molar-refractivity contribution in [2.45, 2.75) is 6.92 Å². The maximum atomic E-state index is 12.5. The molecule has 0 unspecified atom stereocenters. The normalized spacial score (nSPS) is 15.2. The summed E-state index contributed by atoms with van der Waals surface area (Å²) in [5, 5.41) is 6.25. The summed E-state index contributed by atoms with van der Waals surface area (Å²) in [7, 11) is 1.48. The molecule has 2 amide bonds. The Kier molecular flexibility index (Phi) is 7.74. The van der Waals surface area contributed by atoms with E-state index in [9.17, 15) is 9.59 Å². The van der Waals surface area contributed by atoms with E-state index in [2.05, 4.69) is 15.6 Å². The van der Waals surface area contributed by atoms with Gasteiger partial charge in [-0.1, -0.05) is 47.5 Å². The first kappa shape index (κ1) is 24.4. The molecule has 0 atom stereocenters. The number of amides is 2. The molecule has 0 radical (unpaired) electrons. The Bertz CT molecular complexity index is 1310. The highest BCUT2D eigenvalue weighted by atomic mass is 35.5. The molecule has 178 valence electrons. The number of nitrogens with zero attached hydrogens (tertiary/aromatic N) is 1. The maximum Gasteiger partial charge on any atom is 0.264 e. The van der Waals surface area contributed by atoms with Crippen LogP contribution in [0, 0.1) is 6.92 Å². The Hall–Kier alpha value is -3.75. The molecule has 1 heterocycles. The number of benzene rings is 3. The van der Waals surface area contributed by atoms with Crippen LogP contribution in [0.15, 0.2) is 76.6 Å². The highest BCUT2D eigenvalue weighted by molar-refractivity contribution is 8.18. The minimum atomic E-state index is -0.333. The van der Waals surface area contributed by atoms with Gasteiger partial charge < -0.3 is 20.1 Å². The van der Waals surface area contributed by atoms with Gasteiger partial charge in [0.2, 0.25) is 0 Å². The minimum Gasteiger partial charge on any atom is -0.493 e. The predicted octanol–water partition coefficient (Wildman–Crippen LogP) is 5.57. The van der Waals surface area contributed by atoms with Crippen molar-refractivity contribution in [3.63, 3.8) is 0 Å². The van der Waals surface area contributed by atoms with Gasteiger partial charge in [-0.3, -0.25) is 9.59 Å². The Morgan fingerprint density at radius 1 is 1.14 bits per heavy atom. The summed E-state index contributed by atoms with van der Waals surface area (Å²) < 4.78 is 11.1. The summed E-state index contributed by atoms with van der Waals surface area (Å²) >= 11 is 7.66. The number of aliphatic imine (C=N–C) groups is 1. The van der Waals surface area contributed by atoms with Crippen LogP contribution >= 0.6 is 23.4 Å². The number of nitrogens with one attached hydrogen (secondary N) is 2. The van der Waals surface area contributed by atoms with Crippen molar-refractivity contribution in [1.29, 1.82) is 0 Å². The minimum absolute atomic E-state index is 0.240. The molecule has 2 N–H and O–H groups in total. The van der Waals surface area contributed by atoms with Crippen LogP contribution in [0.1, 0.15) is 11.1 Å². The number of methoxy groups -OCH3 is 1. The van der Waals surface area contributed by atoms with Crippen molar-refractivity contribution in [1.82, 2.24) is 5.32 Å². The standard InChI is InChI=1S/C26H22ClN3O4S/c1-16-8-10-19(11-9-16)29-26-30-25(32)22(35-26)14-17-12-20(27)24(21(13-17)33-2)34-15-23(31)28-18-6-4-3-5-7-18/h3-14H,15H2,1-2H3,(H,28,31)(H,29,30,32)/b22-14-. The summed E-state index contributed by atoms with van der Waals surface area (Å²) in [6.07, 6.45) is 1.69. The average Bonchev–Trinajstić information content (AvgIpc) is 3.18. The van der Waals surface area contributed by atoms with E-state index in [0.717, 1.165) is 11.3 Å². The molecule has 1 aliphatic heterocycles. The summed E-state index contributed by atoms with van der Waals surface area (Å²) in [5.74, 6) is -0.00714. The number of thioether (sulfide) groups is 1. The van der Waals surface area contributed by atoms with Gasteiger partial charge in [-0.05, 0) is 66.7 Å². The van der Waals surface area contributed by atoms with Crippen LogP contribution in [0.2, 0.25) is 5.02 Å². The molecular formula is C26H22ClN3O4S. The van der Waals surface area contributed by atoms with E-state index in [4.69, 9.17) is 21.1 Å². The van der Waals surface area contributed by atoms with E-state index in [-0.39, 0.29) is 29.2 Å². The van der Waals surface area contributed by atoms with Crippen molar-refractivity contribution in [2.75, 3.05) is 19.0 Å². The van der Waals surface area contributed by atoms with Crippen LogP contribution in [0.25, 0.3) is 6.08 Å². The lowest BCUT2D eigenvalue weighted by molar-refractivity contribution is -0.118. The number of aryl methyl sites for hydroxylation is 1. The van der Waals surface area contributed by atoms with Crippen molar-refractivity contribution in [3.05, 3.63) is 87.8 Å². The monoisotopic (exact) mass is 507 g/mol. The van der Waals surface area contributed by atoms with E-state index in [1.165, 1.54) is 18.9 Å². The number of hydrogen-bond donors (Lipinski definition) is 2. The van der Waals surface area contributed by atoms with Gasteiger partial charge in [0.15, 0.2) is 23.3 Å². The number of para-hydroxylation sites is 1. The molecule has 0 saturated carbocycles. The summed E-state index contributed by atoms with van der Waals surface area (Å²) in [6.45, 7) is 1.75. The lowest BCUT2D eigenvalue weighted by atomic mass is 10.2. The third-order valence-electron chi connectivity index (χ3n) is 4.87. The zero-order valence-electron chi connectivity index (χ0n) is 19.0. The molecule has 4 rings (SSSR count). The molecule has 1 saturated heterocycles. The highest BCUT2D eigenvalue weighted by Crippen LogP contribution is 2.38. The summed E-state index contributed by atoms with van der Waals surface area (Å²) in [5.41, 5.74) is 3.19. The first-order valence-electron chi connectivity index (χ1n) is 10.6. The Balaban J connectivity index is 1.47. The van der Waals surface area contributed by atoms with Crippen molar-refractivity contribution < 1.29 is 19.1 Å². The van der Waals surface area contributed by atoms with Crippen LogP contribution < -0.4 is 20.1 Å². The molecule has 0 spiro atoms. The average molecular weight is 508 g/mol. The van der Waals surface area contributed by atoms with Crippen LogP contribution in [-0.2, 0) is 9.59 Å². The number of halogens is 1. The van der Waals surface area contributed by atoms with Gasteiger partial charge >= 0.3 is 0 Å². The number of carbonyl (C=O) groups is 2. The first-order valence-corrected chi connectivity index (χ1v) is 11.8. The van der Waals surface area contributed by atoms with Gasteiger partial charge in [-0.25, -0.2) is 4.99 Å². The number of anilines is 1. The third-order valence-corrected chi connectivity index (χ3v) is 6.06. The second-order valence-electron chi connectivity index (χ2n) is 7.55. The zero-order valence-corrected chi connectivity index (χ0v) is 20.6. The number of hydrogen-bond acceptors (Lipinski definition) is 6. The van der Waals surface area contributed by atoms with E-state index in [0.29, 0.717) is 27.1 Å². The molecule has 9 heteroatoms. The first-order chi connectivity index (χ1) is 16.9. The maximum absolute atomic E-state index is 12.5. The molecule has 35 heavy (non-hydrogen) atoms. The lowest BCUT2D eigenvalue weighted by Gasteiger charge is -2.13. The topological polar surface area (TPSA) is 89.0 Å². The molecule has 3 aromatic carbocycles. The number of ether oxygens (including phenoxy) is 2. The number of amidine groups is 1. The zero-order chi connectivity index (χ0) is 24.8. The molecule has 0 bridgehead atoms. The van der Waals surface area contributed by atoms with E-state index in [1.807, 2.05) is 49.4 Å². The van der Waals surface area contributed by atoms with Crippen LogP contribution in [0.3, 0.4) is 0 Å². The van der Waals surface area contributed by atoms with Crippen molar-refractivity contribution in [3.8, 4) is 11.5 Å². The van der Waals surface area contributed by atoms with Gasteiger partial charge in [0, 0.05) is 5.69 Å². The highest BCUT2D eigenvalue weighted by Gasteiger charge is 2.24. The largest absolute Gasteiger partial charge is 0.493 e. The second kappa shape index (κ2) is 11.1. The summed E-state index contributed by atoms with van der Waals surface area (Å²) in [6, 6.07) is 20.1. The molecule has 7 nitrogen and oxygen atoms in total. The van der Waals surface area contributed by atoms with Crippen LogP contribution in [-0.4, -0.2) is 30.7 Å². The van der Waals surface area contributed by atoms with Crippen LogP contribution in [0.4, 0.5) is 11.4 Å². The molecule has 0 aliphatic carbocycles. The van der Waals surface area contributed by atoms with E-state index in [1.54, 1.807) is 30.3 Å². The van der Waals surface area contributed by atoms with Gasteiger partial charge in [0.25, 0.3) is 11.8 Å². The van der Waals surface area contributed by atoms with Crippen molar-refractivity contribution in [2.24, 2.45) is 4.99 Å². The van der Waals surface area contributed by atoms with E-state index >= 15 is 0 Å². The molecule has 1 aliphatic rings. The third kappa shape index (κ3) is 6.44.